The van der Waals surface area contributed by atoms with Gasteiger partial charge in [-0.15, -0.1) is 0 Å². The molecule has 0 bridgehead atoms. The van der Waals surface area contributed by atoms with Crippen molar-refractivity contribution in [3.05, 3.63) is 47.5 Å². The van der Waals surface area contributed by atoms with Gasteiger partial charge in [-0.3, -0.25) is 9.78 Å². The Morgan fingerprint density at radius 1 is 1.37 bits per heavy atom. The molecule has 5 heteroatoms. The highest BCUT2D eigenvalue weighted by Crippen LogP contribution is 2.32. The van der Waals surface area contributed by atoms with E-state index < -0.39 is 0 Å². The van der Waals surface area contributed by atoms with Crippen LogP contribution < -0.4 is 10.6 Å². The van der Waals surface area contributed by atoms with Gasteiger partial charge in [0.1, 0.15) is 5.69 Å². The van der Waals surface area contributed by atoms with Gasteiger partial charge in [0.15, 0.2) is 0 Å². The summed E-state index contributed by atoms with van der Waals surface area (Å²) >= 11 is 0. The van der Waals surface area contributed by atoms with E-state index in [0.717, 1.165) is 23.2 Å². The summed E-state index contributed by atoms with van der Waals surface area (Å²) < 4.78 is 0. The van der Waals surface area contributed by atoms with Gasteiger partial charge in [-0.2, -0.15) is 0 Å². The fraction of sp³-hybridized carbons (Fsp3) is 0.214. The van der Waals surface area contributed by atoms with E-state index in [1.165, 1.54) is 12.4 Å². The summed E-state index contributed by atoms with van der Waals surface area (Å²) in [6, 6.07) is 3.92. The SMILES string of the molecule is Cc1cc2c(cc1N)N(C(=O)c1cnccn1)CC2. The monoisotopic (exact) mass is 254 g/mol. The van der Waals surface area contributed by atoms with E-state index >= 15 is 0 Å². The lowest BCUT2D eigenvalue weighted by Crippen LogP contribution is -2.29. The average Bonchev–Trinajstić information content (AvgIpc) is 2.82. The number of amides is 1. The van der Waals surface area contributed by atoms with Crippen LogP contribution in [-0.4, -0.2) is 22.4 Å². The molecule has 1 aliphatic heterocycles. The molecular formula is C14H14N4O. The largest absolute Gasteiger partial charge is 0.398 e. The summed E-state index contributed by atoms with van der Waals surface area (Å²) in [6.45, 7) is 2.64. The number of aromatic nitrogens is 2. The average molecular weight is 254 g/mol. The molecule has 19 heavy (non-hydrogen) atoms. The van der Waals surface area contributed by atoms with Gasteiger partial charge in [0.05, 0.1) is 6.20 Å². The molecule has 2 aromatic rings. The van der Waals surface area contributed by atoms with Crippen molar-refractivity contribution >= 4 is 17.3 Å². The van der Waals surface area contributed by atoms with Crippen LogP contribution in [0.1, 0.15) is 21.6 Å². The van der Waals surface area contributed by atoms with E-state index in [1.54, 1.807) is 11.1 Å². The summed E-state index contributed by atoms with van der Waals surface area (Å²) in [7, 11) is 0. The van der Waals surface area contributed by atoms with Crippen LogP contribution >= 0.6 is 0 Å². The fourth-order valence-corrected chi connectivity index (χ4v) is 2.34. The van der Waals surface area contributed by atoms with Gasteiger partial charge in [-0.25, -0.2) is 4.98 Å². The maximum absolute atomic E-state index is 12.4. The Kier molecular flexibility index (Phi) is 2.67. The van der Waals surface area contributed by atoms with Crippen molar-refractivity contribution < 1.29 is 4.79 Å². The third-order valence-electron chi connectivity index (χ3n) is 3.39. The molecular weight excluding hydrogens is 240 g/mol. The second-order valence-electron chi connectivity index (χ2n) is 4.63. The first-order valence-corrected chi connectivity index (χ1v) is 6.13. The second kappa shape index (κ2) is 4.35. The maximum atomic E-state index is 12.4. The van der Waals surface area contributed by atoms with E-state index in [2.05, 4.69) is 16.0 Å². The van der Waals surface area contributed by atoms with Crippen LogP contribution in [0.3, 0.4) is 0 Å². The summed E-state index contributed by atoms with van der Waals surface area (Å²) in [6.07, 6.45) is 5.41. The van der Waals surface area contributed by atoms with E-state index in [4.69, 9.17) is 5.73 Å². The molecule has 0 radical (unpaired) electrons. The number of hydrogen-bond acceptors (Lipinski definition) is 4. The molecule has 1 aliphatic rings. The first-order chi connectivity index (χ1) is 9.16. The van der Waals surface area contributed by atoms with Gasteiger partial charge in [0.25, 0.3) is 5.91 Å². The maximum Gasteiger partial charge on any atom is 0.278 e. The minimum atomic E-state index is -0.130. The fourth-order valence-electron chi connectivity index (χ4n) is 2.34. The number of rotatable bonds is 1. The molecule has 5 nitrogen and oxygen atoms in total. The molecule has 0 spiro atoms. The summed E-state index contributed by atoms with van der Waals surface area (Å²) in [4.78, 5) is 22.1. The van der Waals surface area contributed by atoms with Gasteiger partial charge in [0.2, 0.25) is 0 Å². The number of hydrogen-bond donors (Lipinski definition) is 1. The molecule has 0 aliphatic carbocycles. The standard InChI is InChI=1S/C14H14N4O/c1-9-6-10-2-5-18(13(10)7-11(9)15)14(19)12-8-16-3-4-17-12/h3-4,6-8H,2,5,15H2,1H3. The van der Waals surface area contributed by atoms with Crippen molar-refractivity contribution in [1.29, 1.82) is 0 Å². The van der Waals surface area contributed by atoms with E-state index in [-0.39, 0.29) is 5.91 Å². The molecule has 1 aromatic heterocycles. The first-order valence-electron chi connectivity index (χ1n) is 6.13. The molecule has 2 heterocycles. The number of aryl methyl sites for hydroxylation is 1. The van der Waals surface area contributed by atoms with Gasteiger partial charge in [-0.05, 0) is 30.5 Å². The molecule has 2 N–H and O–H groups in total. The number of fused-ring (bicyclic) bond motifs is 1. The Labute approximate surface area is 111 Å². The number of nitrogen functional groups attached to an aromatic ring is 1. The van der Waals surface area contributed by atoms with Crippen molar-refractivity contribution in [3.8, 4) is 0 Å². The van der Waals surface area contributed by atoms with E-state index in [1.807, 2.05) is 13.0 Å². The summed E-state index contributed by atoms with van der Waals surface area (Å²) in [5.41, 5.74) is 10.1. The molecule has 3 rings (SSSR count). The van der Waals surface area contributed by atoms with Gasteiger partial charge >= 0.3 is 0 Å². The minimum Gasteiger partial charge on any atom is -0.398 e. The molecule has 1 aromatic carbocycles. The van der Waals surface area contributed by atoms with Crippen molar-refractivity contribution in [2.24, 2.45) is 0 Å². The Morgan fingerprint density at radius 3 is 2.95 bits per heavy atom. The zero-order valence-corrected chi connectivity index (χ0v) is 10.6. The van der Waals surface area contributed by atoms with Crippen LogP contribution in [0.2, 0.25) is 0 Å². The number of nitrogens with two attached hydrogens (primary N) is 1. The van der Waals surface area contributed by atoms with E-state index in [0.29, 0.717) is 17.9 Å². The number of nitrogens with zero attached hydrogens (tertiary/aromatic N) is 3. The highest BCUT2D eigenvalue weighted by molar-refractivity contribution is 6.06. The summed E-state index contributed by atoms with van der Waals surface area (Å²) in [5.74, 6) is -0.130. The first kappa shape index (κ1) is 11.6. The van der Waals surface area contributed by atoms with Crippen molar-refractivity contribution in [2.75, 3.05) is 17.2 Å². The third-order valence-corrected chi connectivity index (χ3v) is 3.39. The Bertz CT molecular complexity index is 639. The predicted molar refractivity (Wildman–Crippen MR) is 73.0 cm³/mol. The van der Waals surface area contributed by atoms with Crippen LogP contribution in [0.4, 0.5) is 11.4 Å². The molecule has 96 valence electrons. The molecule has 0 saturated heterocycles. The lowest BCUT2D eigenvalue weighted by molar-refractivity contribution is 0.0984. The quantitative estimate of drug-likeness (QED) is 0.784. The smallest absolute Gasteiger partial charge is 0.278 e. The predicted octanol–water partition coefficient (Wildman–Crippen LogP) is 1.57. The van der Waals surface area contributed by atoms with Crippen LogP contribution in [0.25, 0.3) is 0 Å². The molecule has 0 saturated carbocycles. The molecule has 1 amide bonds. The number of carbonyl (C=O) groups is 1. The second-order valence-corrected chi connectivity index (χ2v) is 4.63. The van der Waals surface area contributed by atoms with Crippen LogP contribution in [0.15, 0.2) is 30.7 Å². The van der Waals surface area contributed by atoms with E-state index in [9.17, 15) is 4.79 Å². The lowest BCUT2D eigenvalue weighted by Gasteiger charge is -2.17. The molecule has 0 atom stereocenters. The zero-order chi connectivity index (χ0) is 13.4. The number of benzene rings is 1. The minimum absolute atomic E-state index is 0.130. The van der Waals surface area contributed by atoms with Crippen LogP contribution in [0, 0.1) is 6.92 Å². The highest BCUT2D eigenvalue weighted by atomic mass is 16.2. The normalized spacial score (nSPS) is 13.4. The van der Waals surface area contributed by atoms with Crippen molar-refractivity contribution in [2.45, 2.75) is 13.3 Å². The number of carbonyl (C=O) groups excluding carboxylic acids is 1. The molecule has 0 fully saturated rings. The van der Waals surface area contributed by atoms with Gasteiger partial charge in [-0.1, -0.05) is 6.07 Å². The van der Waals surface area contributed by atoms with Gasteiger partial charge < -0.3 is 10.6 Å². The summed E-state index contributed by atoms with van der Waals surface area (Å²) in [5, 5.41) is 0. The Balaban J connectivity index is 1.99. The Hall–Kier alpha value is -2.43. The third kappa shape index (κ3) is 1.93. The number of anilines is 2. The van der Waals surface area contributed by atoms with Gasteiger partial charge in [0, 0.05) is 30.3 Å². The zero-order valence-electron chi connectivity index (χ0n) is 10.6. The van der Waals surface area contributed by atoms with Crippen LogP contribution in [-0.2, 0) is 6.42 Å². The van der Waals surface area contributed by atoms with Crippen molar-refractivity contribution in [1.82, 2.24) is 9.97 Å². The molecule has 0 unspecified atom stereocenters. The topological polar surface area (TPSA) is 72.1 Å². The van der Waals surface area contributed by atoms with Crippen molar-refractivity contribution in [3.63, 3.8) is 0 Å². The van der Waals surface area contributed by atoms with Crippen LogP contribution in [0.5, 0.6) is 0 Å². The highest BCUT2D eigenvalue weighted by Gasteiger charge is 2.27. The lowest BCUT2D eigenvalue weighted by atomic mass is 10.1. The Morgan fingerprint density at radius 2 is 2.21 bits per heavy atom.